The van der Waals surface area contributed by atoms with Crippen molar-refractivity contribution >= 4 is 21.6 Å². The van der Waals surface area contributed by atoms with Crippen molar-refractivity contribution in [3.63, 3.8) is 0 Å². The zero-order valence-electron chi connectivity index (χ0n) is 14.2. The normalized spacial score (nSPS) is 19.0. The predicted octanol–water partition coefficient (Wildman–Crippen LogP) is 4.65. The standard InChI is InChI=1S/C20H20N2O2S/c1-11-21-19(18-14-7-4-10-17(14)25-20(18)22-11)24-16-9-3-5-12-13(16)6-2-8-15(12)23/h3,5,9,15,23H,2,4,6-8,10H2,1H3/t15-/m1/s1. The zero-order valence-corrected chi connectivity index (χ0v) is 15.0. The molecule has 0 radical (unpaired) electrons. The highest BCUT2D eigenvalue weighted by Crippen LogP contribution is 2.43. The lowest BCUT2D eigenvalue weighted by atomic mass is 9.89. The van der Waals surface area contributed by atoms with E-state index in [9.17, 15) is 5.11 Å². The first-order valence-corrected chi connectivity index (χ1v) is 9.79. The van der Waals surface area contributed by atoms with Crippen LogP contribution in [0.4, 0.5) is 0 Å². The highest BCUT2D eigenvalue weighted by atomic mass is 32.1. The third-order valence-corrected chi connectivity index (χ3v) is 6.47. The summed E-state index contributed by atoms with van der Waals surface area (Å²) in [6.07, 6.45) is 5.80. The van der Waals surface area contributed by atoms with Gasteiger partial charge < -0.3 is 9.84 Å². The van der Waals surface area contributed by atoms with Crippen molar-refractivity contribution in [3.05, 3.63) is 45.6 Å². The van der Waals surface area contributed by atoms with Crippen LogP contribution in [0.5, 0.6) is 11.6 Å². The minimum Gasteiger partial charge on any atom is -0.438 e. The van der Waals surface area contributed by atoms with E-state index in [0.717, 1.165) is 65.0 Å². The number of aliphatic hydroxyl groups excluding tert-OH is 1. The fraction of sp³-hybridized carbons (Fsp3) is 0.400. The first-order chi connectivity index (χ1) is 12.2. The minimum absolute atomic E-state index is 0.384. The molecule has 0 unspecified atom stereocenters. The maximum absolute atomic E-state index is 10.3. The number of aromatic nitrogens is 2. The van der Waals surface area contributed by atoms with Gasteiger partial charge in [-0.15, -0.1) is 11.3 Å². The van der Waals surface area contributed by atoms with Crippen LogP contribution in [0.15, 0.2) is 18.2 Å². The van der Waals surface area contributed by atoms with Crippen molar-refractivity contribution in [2.24, 2.45) is 0 Å². The first-order valence-electron chi connectivity index (χ1n) is 8.97. The number of nitrogens with zero attached hydrogens (tertiary/aromatic N) is 2. The summed E-state index contributed by atoms with van der Waals surface area (Å²) < 4.78 is 6.35. The summed E-state index contributed by atoms with van der Waals surface area (Å²) in [6.45, 7) is 1.92. The van der Waals surface area contributed by atoms with Gasteiger partial charge >= 0.3 is 0 Å². The lowest BCUT2D eigenvalue weighted by Crippen LogP contribution is -2.10. The van der Waals surface area contributed by atoms with Crippen molar-refractivity contribution in [2.45, 2.75) is 51.6 Å². The number of hydrogen-bond acceptors (Lipinski definition) is 5. The van der Waals surface area contributed by atoms with E-state index >= 15 is 0 Å². The van der Waals surface area contributed by atoms with Crippen molar-refractivity contribution in [3.8, 4) is 11.6 Å². The van der Waals surface area contributed by atoms with Crippen molar-refractivity contribution in [1.29, 1.82) is 0 Å². The third kappa shape index (κ3) is 2.45. The maximum atomic E-state index is 10.3. The Balaban J connectivity index is 1.65. The average Bonchev–Trinajstić information content (AvgIpc) is 3.16. The van der Waals surface area contributed by atoms with Gasteiger partial charge in [0.25, 0.3) is 0 Å². The van der Waals surface area contributed by atoms with E-state index in [1.807, 2.05) is 25.1 Å². The van der Waals surface area contributed by atoms with E-state index in [1.54, 1.807) is 11.3 Å². The lowest BCUT2D eigenvalue weighted by Gasteiger charge is -2.23. The molecule has 2 heterocycles. The number of ether oxygens (including phenoxy) is 1. The van der Waals surface area contributed by atoms with E-state index in [2.05, 4.69) is 9.97 Å². The van der Waals surface area contributed by atoms with Gasteiger partial charge in [-0.3, -0.25) is 0 Å². The fourth-order valence-electron chi connectivity index (χ4n) is 4.13. The first kappa shape index (κ1) is 15.3. The van der Waals surface area contributed by atoms with E-state index in [4.69, 9.17) is 4.74 Å². The molecule has 0 saturated heterocycles. The summed E-state index contributed by atoms with van der Waals surface area (Å²) in [5.41, 5.74) is 3.50. The van der Waals surface area contributed by atoms with Crippen LogP contribution in [0.25, 0.3) is 10.2 Å². The van der Waals surface area contributed by atoms with Crippen molar-refractivity contribution < 1.29 is 9.84 Å². The summed E-state index contributed by atoms with van der Waals surface area (Å²) >= 11 is 1.78. The van der Waals surface area contributed by atoms with E-state index in [1.165, 1.54) is 16.9 Å². The smallest absolute Gasteiger partial charge is 0.231 e. The van der Waals surface area contributed by atoms with Gasteiger partial charge in [0.15, 0.2) is 0 Å². The molecule has 0 bridgehead atoms. The number of aliphatic hydroxyl groups is 1. The van der Waals surface area contributed by atoms with Crippen LogP contribution in [0.2, 0.25) is 0 Å². The molecule has 2 aliphatic rings. The largest absolute Gasteiger partial charge is 0.438 e. The number of thiophene rings is 1. The molecule has 3 aromatic rings. The Hall–Kier alpha value is -1.98. The Morgan fingerprint density at radius 3 is 2.92 bits per heavy atom. The van der Waals surface area contributed by atoms with Gasteiger partial charge in [0.2, 0.25) is 5.88 Å². The van der Waals surface area contributed by atoms with Gasteiger partial charge in [0.05, 0.1) is 11.5 Å². The topological polar surface area (TPSA) is 55.2 Å². The Morgan fingerprint density at radius 2 is 2.00 bits per heavy atom. The van der Waals surface area contributed by atoms with Crippen LogP contribution in [-0.2, 0) is 19.3 Å². The van der Waals surface area contributed by atoms with Crippen LogP contribution >= 0.6 is 11.3 Å². The van der Waals surface area contributed by atoms with Crippen LogP contribution in [0, 0.1) is 6.92 Å². The van der Waals surface area contributed by atoms with Gasteiger partial charge in [0, 0.05) is 10.4 Å². The van der Waals surface area contributed by atoms with Crippen LogP contribution in [0.3, 0.4) is 0 Å². The molecule has 0 spiro atoms. The second kappa shape index (κ2) is 5.78. The third-order valence-electron chi connectivity index (χ3n) is 5.28. The molecule has 5 heteroatoms. The molecular formula is C20H20N2O2S. The molecular weight excluding hydrogens is 332 g/mol. The lowest BCUT2D eigenvalue weighted by molar-refractivity contribution is 0.156. The van der Waals surface area contributed by atoms with Crippen molar-refractivity contribution in [2.75, 3.05) is 0 Å². The number of benzene rings is 1. The van der Waals surface area contributed by atoms with E-state index in [-0.39, 0.29) is 6.10 Å². The van der Waals surface area contributed by atoms with Crippen LogP contribution in [-0.4, -0.2) is 15.1 Å². The summed E-state index contributed by atoms with van der Waals surface area (Å²) in [4.78, 5) is 11.7. The molecule has 5 rings (SSSR count). The number of fused-ring (bicyclic) bond motifs is 4. The Bertz CT molecular complexity index is 979. The molecule has 1 aromatic carbocycles. The number of aryl methyl sites for hydroxylation is 3. The highest BCUT2D eigenvalue weighted by molar-refractivity contribution is 7.19. The molecule has 25 heavy (non-hydrogen) atoms. The van der Waals surface area contributed by atoms with E-state index in [0.29, 0.717) is 5.88 Å². The Morgan fingerprint density at radius 1 is 1.12 bits per heavy atom. The Labute approximate surface area is 150 Å². The molecule has 0 aliphatic heterocycles. The molecule has 2 aromatic heterocycles. The molecule has 0 fully saturated rings. The summed E-state index contributed by atoms with van der Waals surface area (Å²) in [5.74, 6) is 2.25. The quantitative estimate of drug-likeness (QED) is 0.729. The molecule has 128 valence electrons. The number of hydrogen-bond donors (Lipinski definition) is 1. The number of rotatable bonds is 2. The molecule has 4 nitrogen and oxygen atoms in total. The molecule has 0 amide bonds. The monoisotopic (exact) mass is 352 g/mol. The Kier molecular flexibility index (Phi) is 3.54. The summed E-state index contributed by atoms with van der Waals surface area (Å²) in [7, 11) is 0. The molecule has 2 aliphatic carbocycles. The second-order valence-electron chi connectivity index (χ2n) is 6.95. The van der Waals surface area contributed by atoms with Crippen molar-refractivity contribution in [1.82, 2.24) is 9.97 Å². The highest BCUT2D eigenvalue weighted by Gasteiger charge is 2.25. The molecule has 1 N–H and O–H groups in total. The predicted molar refractivity (Wildman–Crippen MR) is 98.6 cm³/mol. The minimum atomic E-state index is -0.384. The van der Waals surface area contributed by atoms with Crippen LogP contribution < -0.4 is 4.74 Å². The second-order valence-corrected chi connectivity index (χ2v) is 8.03. The van der Waals surface area contributed by atoms with Gasteiger partial charge in [-0.2, -0.15) is 4.98 Å². The summed E-state index contributed by atoms with van der Waals surface area (Å²) in [5, 5.41) is 11.4. The van der Waals surface area contributed by atoms with Gasteiger partial charge in [0.1, 0.15) is 16.4 Å². The van der Waals surface area contributed by atoms with Crippen LogP contribution in [0.1, 0.15) is 52.8 Å². The van der Waals surface area contributed by atoms with E-state index < -0.39 is 0 Å². The zero-order chi connectivity index (χ0) is 17.0. The van der Waals surface area contributed by atoms with Gasteiger partial charge in [-0.1, -0.05) is 12.1 Å². The van der Waals surface area contributed by atoms with Gasteiger partial charge in [-0.25, -0.2) is 4.98 Å². The summed E-state index contributed by atoms with van der Waals surface area (Å²) in [6, 6.07) is 5.97. The fourth-order valence-corrected chi connectivity index (χ4v) is 5.43. The maximum Gasteiger partial charge on any atom is 0.231 e. The SMILES string of the molecule is Cc1nc(Oc2cccc3c2CCC[C@H]3O)c2c3c(sc2n1)CCC3. The molecule has 1 atom stereocenters. The molecule has 0 saturated carbocycles. The van der Waals surface area contributed by atoms with Gasteiger partial charge in [-0.05, 0) is 62.6 Å². The average molecular weight is 352 g/mol.